The molecular weight excluding hydrogens is 270 g/mol. The molecule has 0 spiro atoms. The van der Waals surface area contributed by atoms with Crippen molar-refractivity contribution in [2.45, 2.75) is 64.8 Å². The smallest absolute Gasteiger partial charge is 0.407 e. The summed E-state index contributed by atoms with van der Waals surface area (Å²) in [5.41, 5.74) is 5.36. The van der Waals surface area contributed by atoms with Crippen LogP contribution >= 0.6 is 0 Å². The number of nitrogens with one attached hydrogen (secondary N) is 1. The van der Waals surface area contributed by atoms with Crippen LogP contribution in [0.2, 0.25) is 0 Å². The molecule has 0 saturated carbocycles. The Hall–Kier alpha value is -0.850. The van der Waals surface area contributed by atoms with E-state index in [0.29, 0.717) is 19.8 Å². The fourth-order valence-corrected chi connectivity index (χ4v) is 2.68. The van der Waals surface area contributed by atoms with Gasteiger partial charge in [-0.05, 0) is 41.5 Å². The van der Waals surface area contributed by atoms with Gasteiger partial charge in [0.15, 0.2) is 0 Å². The summed E-state index contributed by atoms with van der Waals surface area (Å²) in [7, 11) is 0. The predicted molar refractivity (Wildman–Crippen MR) is 83.3 cm³/mol. The predicted octanol–water partition coefficient (Wildman–Crippen LogP) is 1.34. The molecule has 0 aromatic heterocycles. The van der Waals surface area contributed by atoms with Crippen LogP contribution in [0.25, 0.3) is 0 Å². The number of hydrogen-bond acceptors (Lipinski definition) is 5. The van der Waals surface area contributed by atoms with Crippen molar-refractivity contribution in [1.29, 1.82) is 0 Å². The zero-order valence-electron chi connectivity index (χ0n) is 14.2. The number of hydrogen-bond donors (Lipinski definition) is 2. The first-order valence-corrected chi connectivity index (χ1v) is 7.61. The van der Waals surface area contributed by atoms with Crippen molar-refractivity contribution in [2.24, 2.45) is 5.73 Å². The van der Waals surface area contributed by atoms with Crippen LogP contribution in [-0.4, -0.2) is 60.5 Å². The van der Waals surface area contributed by atoms with Gasteiger partial charge in [-0.15, -0.1) is 0 Å². The topological polar surface area (TPSA) is 76.8 Å². The number of carbonyl (C=O) groups is 1. The van der Waals surface area contributed by atoms with Crippen molar-refractivity contribution in [2.75, 3.05) is 26.3 Å². The van der Waals surface area contributed by atoms with E-state index < -0.39 is 11.7 Å². The lowest BCUT2D eigenvalue weighted by Crippen LogP contribution is -2.64. The van der Waals surface area contributed by atoms with Crippen LogP contribution in [0.3, 0.4) is 0 Å². The SMILES string of the molecule is CC(NC(=O)OC(C)(C)C)C(CN)N1CCOCC1(C)C. The highest BCUT2D eigenvalue weighted by atomic mass is 16.6. The average molecular weight is 301 g/mol. The first-order chi connectivity index (χ1) is 9.57. The fraction of sp³-hybridized carbons (Fsp3) is 0.933. The maximum Gasteiger partial charge on any atom is 0.407 e. The maximum absolute atomic E-state index is 11.9. The number of rotatable bonds is 4. The van der Waals surface area contributed by atoms with E-state index in [0.717, 1.165) is 6.54 Å². The highest BCUT2D eigenvalue weighted by molar-refractivity contribution is 5.68. The number of nitrogens with zero attached hydrogens (tertiary/aromatic N) is 1. The van der Waals surface area contributed by atoms with Gasteiger partial charge in [-0.25, -0.2) is 4.79 Å². The van der Waals surface area contributed by atoms with Crippen molar-refractivity contribution in [3.05, 3.63) is 0 Å². The van der Waals surface area contributed by atoms with Gasteiger partial charge < -0.3 is 20.5 Å². The van der Waals surface area contributed by atoms with Crippen molar-refractivity contribution in [3.63, 3.8) is 0 Å². The molecule has 1 heterocycles. The van der Waals surface area contributed by atoms with Crippen LogP contribution in [0.5, 0.6) is 0 Å². The Morgan fingerprint density at radius 3 is 2.57 bits per heavy atom. The summed E-state index contributed by atoms with van der Waals surface area (Å²) in [6.45, 7) is 14.4. The molecule has 2 atom stereocenters. The Morgan fingerprint density at radius 1 is 1.48 bits per heavy atom. The minimum absolute atomic E-state index is 0.0522. The molecule has 1 amide bonds. The summed E-state index contributed by atoms with van der Waals surface area (Å²) in [4.78, 5) is 14.2. The molecule has 124 valence electrons. The third kappa shape index (κ3) is 5.45. The standard InChI is InChI=1S/C15H31N3O3/c1-11(17-13(19)21-14(2,3)4)12(9-16)18-7-8-20-10-15(18,5)6/h11-12H,7-10,16H2,1-6H3,(H,17,19). The van der Waals surface area contributed by atoms with Crippen LogP contribution in [0.1, 0.15) is 41.5 Å². The Balaban J connectivity index is 2.68. The van der Waals surface area contributed by atoms with Gasteiger partial charge >= 0.3 is 6.09 Å². The van der Waals surface area contributed by atoms with E-state index in [1.54, 1.807) is 0 Å². The summed E-state index contributed by atoms with van der Waals surface area (Å²) in [6, 6.07) is -0.0429. The second kappa shape index (κ2) is 6.94. The summed E-state index contributed by atoms with van der Waals surface area (Å²) >= 11 is 0. The Kier molecular flexibility index (Phi) is 6.01. The molecule has 1 fully saturated rings. The van der Waals surface area contributed by atoms with Crippen molar-refractivity contribution >= 4 is 6.09 Å². The maximum atomic E-state index is 11.9. The fourth-order valence-electron chi connectivity index (χ4n) is 2.68. The summed E-state index contributed by atoms with van der Waals surface area (Å²) in [5.74, 6) is 0. The second-order valence-corrected chi connectivity index (χ2v) is 7.30. The van der Waals surface area contributed by atoms with Crippen LogP contribution in [-0.2, 0) is 9.47 Å². The minimum atomic E-state index is -0.500. The van der Waals surface area contributed by atoms with Gasteiger partial charge in [0, 0.05) is 30.7 Å². The number of amides is 1. The molecule has 6 heteroatoms. The van der Waals surface area contributed by atoms with Crippen molar-refractivity contribution < 1.29 is 14.3 Å². The van der Waals surface area contributed by atoms with Gasteiger partial charge in [0.25, 0.3) is 0 Å². The van der Waals surface area contributed by atoms with E-state index in [1.807, 2.05) is 27.7 Å². The summed E-state index contributed by atoms with van der Waals surface area (Å²) < 4.78 is 10.9. The van der Waals surface area contributed by atoms with Crippen molar-refractivity contribution in [1.82, 2.24) is 10.2 Å². The normalized spacial score (nSPS) is 22.4. The molecule has 1 aliphatic rings. The first-order valence-electron chi connectivity index (χ1n) is 7.61. The van der Waals surface area contributed by atoms with E-state index in [-0.39, 0.29) is 17.6 Å². The van der Waals surface area contributed by atoms with Gasteiger partial charge in [-0.3, -0.25) is 4.90 Å². The van der Waals surface area contributed by atoms with Gasteiger partial charge in [-0.1, -0.05) is 0 Å². The van der Waals surface area contributed by atoms with Crippen LogP contribution < -0.4 is 11.1 Å². The molecule has 21 heavy (non-hydrogen) atoms. The minimum Gasteiger partial charge on any atom is -0.444 e. The van der Waals surface area contributed by atoms with Gasteiger partial charge in [0.1, 0.15) is 5.60 Å². The van der Waals surface area contributed by atoms with Gasteiger partial charge in [0.2, 0.25) is 0 Å². The molecule has 1 rings (SSSR count). The third-order valence-corrected chi connectivity index (χ3v) is 3.67. The zero-order chi connectivity index (χ0) is 16.3. The zero-order valence-corrected chi connectivity index (χ0v) is 14.2. The van der Waals surface area contributed by atoms with Gasteiger partial charge in [0.05, 0.1) is 13.2 Å². The highest BCUT2D eigenvalue weighted by Crippen LogP contribution is 2.23. The molecular formula is C15H31N3O3. The largest absolute Gasteiger partial charge is 0.444 e. The van der Waals surface area contributed by atoms with Gasteiger partial charge in [-0.2, -0.15) is 0 Å². The van der Waals surface area contributed by atoms with E-state index >= 15 is 0 Å². The Bertz CT molecular complexity index is 353. The molecule has 2 unspecified atom stereocenters. The molecule has 0 bridgehead atoms. The van der Waals surface area contributed by atoms with Crippen LogP contribution in [0.15, 0.2) is 0 Å². The number of morpholine rings is 1. The number of alkyl carbamates (subject to hydrolysis) is 1. The quantitative estimate of drug-likeness (QED) is 0.819. The van der Waals surface area contributed by atoms with E-state index in [2.05, 4.69) is 24.1 Å². The molecule has 0 aliphatic carbocycles. The van der Waals surface area contributed by atoms with E-state index in [9.17, 15) is 4.79 Å². The average Bonchev–Trinajstić information content (AvgIpc) is 2.29. The number of ether oxygens (including phenoxy) is 2. The lowest BCUT2D eigenvalue weighted by atomic mass is 9.96. The number of nitrogens with two attached hydrogens (primary N) is 1. The van der Waals surface area contributed by atoms with Crippen LogP contribution in [0, 0.1) is 0 Å². The Morgan fingerprint density at radius 2 is 2.10 bits per heavy atom. The molecule has 0 radical (unpaired) electrons. The van der Waals surface area contributed by atoms with E-state index in [4.69, 9.17) is 15.2 Å². The highest BCUT2D eigenvalue weighted by Gasteiger charge is 2.37. The molecule has 0 aromatic carbocycles. The number of carbonyl (C=O) groups excluding carboxylic acids is 1. The lowest BCUT2D eigenvalue weighted by molar-refractivity contribution is -0.0757. The molecule has 3 N–H and O–H groups in total. The third-order valence-electron chi connectivity index (χ3n) is 3.67. The van der Waals surface area contributed by atoms with Crippen molar-refractivity contribution in [3.8, 4) is 0 Å². The molecule has 1 saturated heterocycles. The monoisotopic (exact) mass is 301 g/mol. The summed E-state index contributed by atoms with van der Waals surface area (Å²) in [5, 5.41) is 2.90. The van der Waals surface area contributed by atoms with E-state index in [1.165, 1.54) is 0 Å². The second-order valence-electron chi connectivity index (χ2n) is 7.30. The lowest BCUT2D eigenvalue weighted by Gasteiger charge is -2.48. The summed E-state index contributed by atoms with van der Waals surface area (Å²) in [6.07, 6.45) is -0.403. The Labute approximate surface area is 128 Å². The van der Waals surface area contributed by atoms with Crippen LogP contribution in [0.4, 0.5) is 4.79 Å². The molecule has 1 aliphatic heterocycles. The molecule has 6 nitrogen and oxygen atoms in total. The molecule has 0 aromatic rings. The first kappa shape index (κ1) is 18.2.